The zero-order chi connectivity index (χ0) is 14.3. The van der Waals surface area contributed by atoms with Crippen molar-refractivity contribution < 1.29 is 77.5 Å². The smallest absolute Gasteiger partial charge is 0.449 e. The van der Waals surface area contributed by atoms with Gasteiger partial charge in [0.1, 0.15) is 6.04 Å². The molecule has 0 N–H and O–H groups in total. The summed E-state index contributed by atoms with van der Waals surface area (Å²) in [5, 5.41) is 0.478. The molecule has 0 aliphatic rings. The van der Waals surface area contributed by atoms with Crippen LogP contribution >= 0.6 is 0 Å². The Morgan fingerprint density at radius 3 is 2.20 bits per heavy atom. The van der Waals surface area contributed by atoms with Gasteiger partial charge in [-0.3, -0.25) is 0 Å². The number of nitrogens with zero attached hydrogens (tertiary/aromatic N) is 1. The molecular weight excluding hydrogens is 310 g/mol. The fourth-order valence-electron chi connectivity index (χ4n) is 2.03. The number of hydrogen-bond acceptors (Lipinski definition) is 0. The average molecular weight is 319 g/mol. The van der Waals surface area contributed by atoms with Gasteiger partial charge in [-0.15, -0.1) is 0 Å². The number of halogens is 6. The van der Waals surface area contributed by atoms with E-state index in [0.717, 1.165) is 6.20 Å². The topological polar surface area (TPSA) is 4.93 Å². The van der Waals surface area contributed by atoms with E-state index < -0.39 is 25.5 Å². The first-order chi connectivity index (χ1) is 8.68. The Morgan fingerprint density at radius 2 is 1.65 bits per heavy atom. The molecule has 0 saturated heterocycles. The molecule has 1 aromatic carbocycles. The molecule has 1 aromatic heterocycles. The maximum absolute atomic E-state index is 12.8. The number of rotatable bonds is 3. The van der Waals surface area contributed by atoms with Crippen LogP contribution < -0.4 is 51.4 Å². The van der Waals surface area contributed by atoms with Crippen LogP contribution in [0.3, 0.4) is 0 Å². The van der Waals surface area contributed by atoms with Crippen LogP contribution in [0.25, 0.3) is 10.9 Å². The predicted molar refractivity (Wildman–Crippen MR) is 60.9 cm³/mol. The van der Waals surface area contributed by atoms with Gasteiger partial charge in [-0.25, -0.2) is 0 Å². The largest absolute Gasteiger partial charge is 1.00 e. The number of aromatic nitrogens is 1. The Balaban J connectivity index is 0.00000200. The molecule has 0 aliphatic carbocycles. The average Bonchev–Trinajstić information content (AvgIpc) is 2.66. The summed E-state index contributed by atoms with van der Waals surface area (Å²) in [6.45, 7) is -5.53. The third-order valence-corrected chi connectivity index (χ3v) is 2.83. The minimum Gasteiger partial charge on any atom is -0.449 e. The van der Waals surface area contributed by atoms with E-state index in [2.05, 4.69) is 0 Å². The van der Waals surface area contributed by atoms with Gasteiger partial charge in [0.15, 0.2) is 0 Å². The zero-order valence-corrected chi connectivity index (χ0v) is 13.7. The Morgan fingerprint density at radius 1 is 1.05 bits per heavy atom. The second-order valence-corrected chi connectivity index (χ2v) is 4.29. The second-order valence-electron chi connectivity index (χ2n) is 4.29. The summed E-state index contributed by atoms with van der Waals surface area (Å²) >= 11 is 0. The van der Waals surface area contributed by atoms with E-state index in [1.807, 2.05) is 0 Å². The molecule has 2 rings (SSSR count). The minimum atomic E-state index is -5.53. The third kappa shape index (κ3) is 4.27. The van der Waals surface area contributed by atoms with Crippen molar-refractivity contribution in [3.8, 4) is 0 Å². The van der Waals surface area contributed by atoms with Crippen LogP contribution in [0.15, 0.2) is 36.5 Å². The van der Waals surface area contributed by atoms with Crippen molar-refractivity contribution in [2.75, 3.05) is 0 Å². The van der Waals surface area contributed by atoms with Crippen LogP contribution in [0, 0.1) is 0 Å². The van der Waals surface area contributed by atoms with E-state index in [4.69, 9.17) is 0 Å². The van der Waals surface area contributed by atoms with Gasteiger partial charge >= 0.3 is 64.5 Å². The summed E-state index contributed by atoms with van der Waals surface area (Å²) in [5.74, 6) is 0. The quantitative estimate of drug-likeness (QED) is 0.598. The predicted octanol–water partition coefficient (Wildman–Crippen LogP) is 1.60. The van der Waals surface area contributed by atoms with E-state index in [1.165, 1.54) is 18.2 Å². The normalized spacial score (nSPS) is 14.1. The van der Waals surface area contributed by atoms with Crippen molar-refractivity contribution >= 4 is 17.9 Å². The molecule has 0 radical (unpaired) electrons. The molecule has 0 bridgehead atoms. The maximum atomic E-state index is 12.8. The molecule has 0 spiro atoms. The van der Waals surface area contributed by atoms with Crippen LogP contribution in [0.1, 0.15) is 6.04 Å². The van der Waals surface area contributed by atoms with Gasteiger partial charge in [0, 0.05) is 11.7 Å². The van der Waals surface area contributed by atoms with E-state index in [-0.39, 0.29) is 56.9 Å². The summed E-state index contributed by atoms with van der Waals surface area (Å²) in [6.07, 6.45) is -5.77. The SMILES string of the molecule is F[B-](F)(F)CC(n1ccc2ccccc21)C(F)(F)F.[K+]. The molecule has 1 nitrogen and oxygen atoms in total. The Hall–Kier alpha value is 0.0413. The first-order valence-electron chi connectivity index (χ1n) is 5.52. The second kappa shape index (κ2) is 6.43. The van der Waals surface area contributed by atoms with Crippen LogP contribution in [-0.2, 0) is 0 Å². The third-order valence-electron chi connectivity index (χ3n) is 2.83. The molecule has 0 amide bonds. The van der Waals surface area contributed by atoms with Gasteiger partial charge in [-0.2, -0.15) is 13.2 Å². The standard InChI is InChI=1S/C11H9BF6N.K/c13-11(14,15)10(7-12(16,17)18)19-6-5-8-3-1-2-4-9(8)19;/h1-6,10H,7H2;/q-1;+1. The summed E-state index contributed by atoms with van der Waals surface area (Å²) in [5.41, 5.74) is 0.143. The first kappa shape index (κ1) is 18.1. The molecule has 0 saturated carbocycles. The molecule has 0 fully saturated rings. The van der Waals surface area contributed by atoms with Crippen molar-refractivity contribution in [2.24, 2.45) is 0 Å². The molecule has 1 atom stereocenters. The molecule has 1 heterocycles. The summed E-state index contributed by atoms with van der Waals surface area (Å²) in [6, 6.07) is 4.83. The molecule has 9 heteroatoms. The summed E-state index contributed by atoms with van der Waals surface area (Å²) < 4.78 is 76.3. The van der Waals surface area contributed by atoms with Crippen molar-refractivity contribution in [2.45, 2.75) is 18.5 Å². The summed E-state index contributed by atoms with van der Waals surface area (Å²) in [4.78, 5) is 0. The molecule has 2 aromatic rings. The van der Waals surface area contributed by atoms with Crippen LogP contribution in [0.4, 0.5) is 26.1 Å². The van der Waals surface area contributed by atoms with Gasteiger partial charge in [0.05, 0.1) is 0 Å². The van der Waals surface area contributed by atoms with Crippen molar-refractivity contribution in [1.82, 2.24) is 4.57 Å². The monoisotopic (exact) mass is 319 g/mol. The molecule has 1 unspecified atom stereocenters. The number of para-hydroxylation sites is 1. The Labute approximate surface area is 153 Å². The van der Waals surface area contributed by atoms with Crippen molar-refractivity contribution in [3.05, 3.63) is 36.5 Å². The van der Waals surface area contributed by atoms with Gasteiger partial charge in [0.25, 0.3) is 0 Å². The zero-order valence-electron chi connectivity index (χ0n) is 10.5. The number of fused-ring (bicyclic) bond motifs is 1. The van der Waals surface area contributed by atoms with Gasteiger partial charge in [0.2, 0.25) is 0 Å². The fraction of sp³-hybridized carbons (Fsp3) is 0.273. The number of alkyl halides is 3. The van der Waals surface area contributed by atoms with E-state index in [0.29, 0.717) is 9.95 Å². The number of benzene rings is 1. The minimum absolute atomic E-state index is 0. The number of hydrogen-bond donors (Lipinski definition) is 0. The molecule has 104 valence electrons. The van der Waals surface area contributed by atoms with E-state index in [9.17, 15) is 26.1 Å². The van der Waals surface area contributed by atoms with Crippen LogP contribution in [0.5, 0.6) is 0 Å². The Kier molecular flexibility index (Phi) is 5.82. The molecular formula is C11H9BF6KN. The summed E-state index contributed by atoms with van der Waals surface area (Å²) in [7, 11) is 0. The van der Waals surface area contributed by atoms with Crippen molar-refractivity contribution in [1.29, 1.82) is 0 Å². The Bertz CT molecular complexity index is 576. The van der Waals surface area contributed by atoms with Crippen molar-refractivity contribution in [3.63, 3.8) is 0 Å². The fourth-order valence-corrected chi connectivity index (χ4v) is 2.03. The van der Waals surface area contributed by atoms with E-state index in [1.54, 1.807) is 12.1 Å². The maximum Gasteiger partial charge on any atom is 1.00 e. The molecule has 0 aliphatic heterocycles. The van der Waals surface area contributed by atoms with Gasteiger partial charge in [-0.05, 0) is 17.5 Å². The first-order valence-corrected chi connectivity index (χ1v) is 5.52. The van der Waals surface area contributed by atoms with Gasteiger partial charge < -0.3 is 17.5 Å². The van der Waals surface area contributed by atoms with Crippen LogP contribution in [-0.4, -0.2) is 17.7 Å². The van der Waals surface area contributed by atoms with Crippen LogP contribution in [0.2, 0.25) is 6.32 Å². The van der Waals surface area contributed by atoms with E-state index >= 15 is 0 Å². The molecule has 20 heavy (non-hydrogen) atoms. The van der Waals surface area contributed by atoms with Gasteiger partial charge in [-0.1, -0.05) is 24.5 Å².